The molecule has 0 unspecified atom stereocenters. The molecule has 30 heavy (non-hydrogen) atoms. The highest BCUT2D eigenvalue weighted by Crippen LogP contribution is 2.24. The number of hydrogen-bond donors (Lipinski definition) is 1. The molecule has 1 aliphatic heterocycles. The average molecular weight is 406 g/mol. The van der Waals surface area contributed by atoms with Gasteiger partial charge in [-0.2, -0.15) is 0 Å². The number of rotatable bonds is 3. The van der Waals surface area contributed by atoms with Gasteiger partial charge < -0.3 is 14.9 Å². The molecule has 3 heterocycles. The molecule has 0 amide bonds. The first-order valence-corrected chi connectivity index (χ1v) is 10.3. The maximum absolute atomic E-state index is 9.00. The first-order chi connectivity index (χ1) is 14.5. The maximum atomic E-state index is 9.00. The van der Waals surface area contributed by atoms with Crippen molar-refractivity contribution in [1.29, 1.82) is 0 Å². The van der Waals surface area contributed by atoms with Gasteiger partial charge in [0.05, 0.1) is 16.6 Å². The third-order valence-electron chi connectivity index (χ3n) is 5.46. The lowest BCUT2D eigenvalue weighted by Gasteiger charge is -2.32. The summed E-state index contributed by atoms with van der Waals surface area (Å²) in [6.45, 7) is 6.69. The zero-order chi connectivity index (χ0) is 21.1. The van der Waals surface area contributed by atoms with E-state index < -0.39 is 5.97 Å². The van der Waals surface area contributed by atoms with E-state index in [0.29, 0.717) is 0 Å². The fourth-order valence-corrected chi connectivity index (χ4v) is 3.91. The number of carbonyl (C=O) groups is 1. The standard InChI is InChI=1S/C21H23N5.C2H4O2/c1-24-12-14-25(15-13-24)11-10-20-22-17-7-3-2-6-16(17)21-23-18-8-4-5-9-19(18)26(20)21;1-2(3)4/h2-9H,10-15H2,1H3;1H3,(H,3,4). The zero-order valence-corrected chi connectivity index (χ0v) is 17.5. The number of aromatic nitrogens is 3. The lowest BCUT2D eigenvalue weighted by atomic mass is 10.2. The van der Waals surface area contributed by atoms with E-state index in [1.807, 2.05) is 6.07 Å². The number of piperazine rings is 1. The van der Waals surface area contributed by atoms with Crippen molar-refractivity contribution >= 4 is 33.6 Å². The van der Waals surface area contributed by atoms with Crippen LogP contribution in [-0.4, -0.2) is 75.0 Å². The summed E-state index contributed by atoms with van der Waals surface area (Å²) in [6, 6.07) is 16.7. The van der Waals surface area contributed by atoms with Crippen LogP contribution in [0.1, 0.15) is 12.7 Å². The molecule has 2 aromatic heterocycles. The van der Waals surface area contributed by atoms with Gasteiger partial charge in [0, 0.05) is 51.5 Å². The summed E-state index contributed by atoms with van der Waals surface area (Å²) in [7, 11) is 2.20. The number of aliphatic carboxylic acids is 1. The van der Waals surface area contributed by atoms with E-state index in [-0.39, 0.29) is 0 Å². The highest BCUT2D eigenvalue weighted by molar-refractivity contribution is 5.96. The minimum atomic E-state index is -0.833. The highest BCUT2D eigenvalue weighted by atomic mass is 16.4. The fourth-order valence-electron chi connectivity index (χ4n) is 3.91. The second-order valence-corrected chi connectivity index (χ2v) is 7.72. The number of carboxylic acids is 1. The van der Waals surface area contributed by atoms with Crippen LogP contribution in [0.2, 0.25) is 0 Å². The number of para-hydroxylation sites is 3. The summed E-state index contributed by atoms with van der Waals surface area (Å²) in [5, 5.41) is 8.53. The Morgan fingerprint density at radius 3 is 2.33 bits per heavy atom. The number of likely N-dealkylation sites (N-methyl/N-ethyl adjacent to an activating group) is 1. The van der Waals surface area contributed by atoms with Gasteiger partial charge in [-0.3, -0.25) is 9.20 Å². The molecule has 0 spiro atoms. The van der Waals surface area contributed by atoms with E-state index in [2.05, 4.69) is 63.7 Å². The molecular formula is C23H27N5O2. The number of nitrogens with zero attached hydrogens (tertiary/aromatic N) is 5. The third kappa shape index (κ3) is 4.27. The molecule has 7 heteroatoms. The molecule has 5 rings (SSSR count). The summed E-state index contributed by atoms with van der Waals surface area (Å²) >= 11 is 0. The number of fused-ring (bicyclic) bond motifs is 5. The van der Waals surface area contributed by atoms with Crippen LogP contribution in [0.5, 0.6) is 0 Å². The lowest BCUT2D eigenvalue weighted by Crippen LogP contribution is -2.45. The quantitative estimate of drug-likeness (QED) is 0.565. The summed E-state index contributed by atoms with van der Waals surface area (Å²) < 4.78 is 2.26. The average Bonchev–Trinajstić information content (AvgIpc) is 3.13. The summed E-state index contributed by atoms with van der Waals surface area (Å²) in [5.41, 5.74) is 4.23. The lowest BCUT2D eigenvalue weighted by molar-refractivity contribution is -0.134. The topological polar surface area (TPSA) is 74.0 Å². The Bertz CT molecular complexity index is 1170. The van der Waals surface area contributed by atoms with E-state index in [1.165, 1.54) is 0 Å². The molecule has 4 aromatic rings. The van der Waals surface area contributed by atoms with Gasteiger partial charge in [-0.05, 0) is 31.3 Å². The second-order valence-electron chi connectivity index (χ2n) is 7.72. The van der Waals surface area contributed by atoms with Crippen LogP contribution in [0.4, 0.5) is 0 Å². The van der Waals surface area contributed by atoms with Crippen LogP contribution in [0, 0.1) is 0 Å². The van der Waals surface area contributed by atoms with E-state index in [0.717, 1.165) is 79.5 Å². The smallest absolute Gasteiger partial charge is 0.300 e. The van der Waals surface area contributed by atoms with Crippen molar-refractivity contribution in [1.82, 2.24) is 24.2 Å². The van der Waals surface area contributed by atoms with Crippen LogP contribution in [0.25, 0.3) is 27.6 Å². The largest absolute Gasteiger partial charge is 0.481 e. The molecule has 1 aliphatic rings. The molecule has 0 aliphatic carbocycles. The first-order valence-electron chi connectivity index (χ1n) is 10.3. The van der Waals surface area contributed by atoms with Gasteiger partial charge in [-0.25, -0.2) is 9.97 Å². The molecule has 0 atom stereocenters. The van der Waals surface area contributed by atoms with Crippen LogP contribution in [0.15, 0.2) is 48.5 Å². The van der Waals surface area contributed by atoms with Crippen molar-refractivity contribution in [3.05, 3.63) is 54.4 Å². The summed E-state index contributed by atoms with van der Waals surface area (Å²) in [6.07, 6.45) is 0.936. The van der Waals surface area contributed by atoms with Crippen molar-refractivity contribution in [3.8, 4) is 0 Å². The zero-order valence-electron chi connectivity index (χ0n) is 17.5. The maximum Gasteiger partial charge on any atom is 0.300 e. The fraction of sp³-hybridized carbons (Fsp3) is 0.348. The monoisotopic (exact) mass is 405 g/mol. The van der Waals surface area contributed by atoms with E-state index in [1.54, 1.807) is 0 Å². The Hall–Kier alpha value is -3.03. The number of carboxylic acid groups (broad SMARTS) is 1. The number of hydrogen-bond acceptors (Lipinski definition) is 5. The van der Waals surface area contributed by atoms with Gasteiger partial charge in [-0.15, -0.1) is 0 Å². The molecule has 156 valence electrons. The van der Waals surface area contributed by atoms with Gasteiger partial charge >= 0.3 is 0 Å². The van der Waals surface area contributed by atoms with Crippen LogP contribution in [-0.2, 0) is 11.2 Å². The molecule has 1 N–H and O–H groups in total. The Labute approximate surface area is 175 Å². The Morgan fingerprint density at radius 2 is 1.60 bits per heavy atom. The van der Waals surface area contributed by atoms with E-state index in [9.17, 15) is 0 Å². The highest BCUT2D eigenvalue weighted by Gasteiger charge is 2.17. The van der Waals surface area contributed by atoms with E-state index >= 15 is 0 Å². The van der Waals surface area contributed by atoms with Crippen molar-refractivity contribution in [3.63, 3.8) is 0 Å². The van der Waals surface area contributed by atoms with Gasteiger partial charge in [0.15, 0.2) is 0 Å². The SMILES string of the molecule is CC(=O)O.CN1CCN(CCc2nc3ccccc3c3nc4ccccc4n23)CC1. The summed E-state index contributed by atoms with van der Waals surface area (Å²) in [4.78, 5) is 23.9. The molecule has 1 fully saturated rings. The molecule has 1 saturated heterocycles. The van der Waals surface area contributed by atoms with Crippen LogP contribution in [0.3, 0.4) is 0 Å². The van der Waals surface area contributed by atoms with Crippen molar-refractivity contribution < 1.29 is 9.90 Å². The van der Waals surface area contributed by atoms with Gasteiger partial charge in [0.25, 0.3) is 5.97 Å². The Morgan fingerprint density at radius 1 is 0.967 bits per heavy atom. The van der Waals surface area contributed by atoms with Crippen molar-refractivity contribution in [2.24, 2.45) is 0 Å². The number of imidazole rings is 1. The van der Waals surface area contributed by atoms with Crippen LogP contribution < -0.4 is 0 Å². The van der Waals surface area contributed by atoms with Gasteiger partial charge in [-0.1, -0.05) is 24.3 Å². The van der Waals surface area contributed by atoms with E-state index in [4.69, 9.17) is 19.9 Å². The minimum absolute atomic E-state index is 0.833. The van der Waals surface area contributed by atoms with Gasteiger partial charge in [0.1, 0.15) is 11.5 Å². The Balaban J connectivity index is 0.000000503. The van der Waals surface area contributed by atoms with Gasteiger partial charge in [0.2, 0.25) is 0 Å². The van der Waals surface area contributed by atoms with Crippen LogP contribution >= 0.6 is 0 Å². The molecule has 0 radical (unpaired) electrons. The van der Waals surface area contributed by atoms with Crippen molar-refractivity contribution in [2.45, 2.75) is 13.3 Å². The molecule has 7 nitrogen and oxygen atoms in total. The molecular weight excluding hydrogens is 378 g/mol. The normalized spacial score (nSPS) is 15.4. The summed E-state index contributed by atoms with van der Waals surface area (Å²) in [5.74, 6) is 0.270. The van der Waals surface area contributed by atoms with Crippen molar-refractivity contribution in [2.75, 3.05) is 39.8 Å². The second kappa shape index (κ2) is 8.77. The molecule has 2 aromatic carbocycles. The predicted molar refractivity (Wildman–Crippen MR) is 119 cm³/mol. The Kier molecular flexibility index (Phi) is 5.92. The predicted octanol–water partition coefficient (Wildman–Crippen LogP) is 2.92. The number of benzene rings is 2. The first kappa shape index (κ1) is 20.3. The molecule has 0 bridgehead atoms. The minimum Gasteiger partial charge on any atom is -0.481 e. The molecule has 0 saturated carbocycles. The third-order valence-corrected chi connectivity index (χ3v) is 5.46.